The van der Waals surface area contributed by atoms with Gasteiger partial charge in [0.1, 0.15) is 5.75 Å². The van der Waals surface area contributed by atoms with E-state index in [1.54, 1.807) is 6.07 Å². The van der Waals surface area contributed by atoms with E-state index in [-0.39, 0.29) is 23.1 Å². The van der Waals surface area contributed by atoms with Crippen molar-refractivity contribution in [1.82, 2.24) is 0 Å². The highest BCUT2D eigenvalue weighted by atomic mass is 16.5. The molecule has 24 heavy (non-hydrogen) atoms. The van der Waals surface area contributed by atoms with Crippen molar-refractivity contribution in [3.63, 3.8) is 0 Å². The largest absolute Gasteiger partial charge is 0.508 e. The number of ether oxygens (including phenoxy) is 1. The molecule has 0 spiro atoms. The van der Waals surface area contributed by atoms with Crippen molar-refractivity contribution in [3.8, 4) is 5.75 Å². The third-order valence-corrected chi connectivity index (χ3v) is 4.69. The van der Waals surface area contributed by atoms with Crippen molar-refractivity contribution in [2.45, 2.75) is 78.6 Å². The van der Waals surface area contributed by atoms with E-state index in [0.717, 1.165) is 24.0 Å². The van der Waals surface area contributed by atoms with Gasteiger partial charge in [-0.3, -0.25) is 4.79 Å². The number of carbonyl (C=O) groups excluding carboxylic acids is 1. The first-order valence-corrected chi connectivity index (χ1v) is 9.20. The molecule has 0 heterocycles. The predicted octanol–water partition coefficient (Wildman–Crippen LogP) is 5.55. The second-order valence-electron chi connectivity index (χ2n) is 7.79. The topological polar surface area (TPSA) is 46.5 Å². The number of phenols is 1. The highest BCUT2D eigenvalue weighted by Gasteiger charge is 2.23. The van der Waals surface area contributed by atoms with Crippen LogP contribution in [0.2, 0.25) is 0 Å². The summed E-state index contributed by atoms with van der Waals surface area (Å²) in [6.07, 6.45) is 4.50. The number of benzene rings is 1. The van der Waals surface area contributed by atoms with Crippen LogP contribution in [0.15, 0.2) is 18.2 Å². The summed E-state index contributed by atoms with van der Waals surface area (Å²) in [6.45, 7) is 12.8. The summed E-state index contributed by atoms with van der Waals surface area (Å²) < 4.78 is 5.56. The SMILES string of the molecule is CCCCC(CC)COC(=O)C(C)c1ccc(O)c(C(C)(C)C)c1. The molecule has 3 heteroatoms. The summed E-state index contributed by atoms with van der Waals surface area (Å²) in [5.74, 6) is 0.217. The Bertz CT molecular complexity index is 528. The molecule has 0 aliphatic heterocycles. The van der Waals surface area contributed by atoms with Gasteiger partial charge in [0.05, 0.1) is 12.5 Å². The quantitative estimate of drug-likeness (QED) is 0.634. The average molecular weight is 335 g/mol. The van der Waals surface area contributed by atoms with Gasteiger partial charge < -0.3 is 9.84 Å². The van der Waals surface area contributed by atoms with Gasteiger partial charge in [-0.2, -0.15) is 0 Å². The van der Waals surface area contributed by atoms with Crippen molar-refractivity contribution in [1.29, 1.82) is 0 Å². The predicted molar refractivity (Wildman–Crippen MR) is 99.5 cm³/mol. The lowest BCUT2D eigenvalue weighted by Gasteiger charge is -2.23. The molecule has 0 radical (unpaired) electrons. The number of rotatable bonds is 8. The van der Waals surface area contributed by atoms with Gasteiger partial charge in [0.25, 0.3) is 0 Å². The molecule has 1 rings (SSSR count). The van der Waals surface area contributed by atoms with Gasteiger partial charge in [-0.15, -0.1) is 0 Å². The van der Waals surface area contributed by atoms with Gasteiger partial charge >= 0.3 is 5.97 Å². The van der Waals surface area contributed by atoms with Crippen LogP contribution in [0, 0.1) is 5.92 Å². The van der Waals surface area contributed by atoms with E-state index in [1.807, 2.05) is 39.8 Å². The number of carbonyl (C=O) groups is 1. The second-order valence-corrected chi connectivity index (χ2v) is 7.79. The molecular formula is C21H34O3. The van der Waals surface area contributed by atoms with Crippen molar-refractivity contribution in [2.75, 3.05) is 6.61 Å². The van der Waals surface area contributed by atoms with Crippen LogP contribution in [-0.4, -0.2) is 17.7 Å². The third kappa shape index (κ3) is 5.85. The summed E-state index contributed by atoms with van der Waals surface area (Å²) in [7, 11) is 0. The maximum absolute atomic E-state index is 12.4. The summed E-state index contributed by atoms with van der Waals surface area (Å²) in [5.41, 5.74) is 1.58. The molecular weight excluding hydrogens is 300 g/mol. The number of aromatic hydroxyl groups is 1. The normalized spacial score (nSPS) is 14.2. The Kier molecular flexibility index (Phi) is 7.78. The number of hydrogen-bond acceptors (Lipinski definition) is 3. The van der Waals surface area contributed by atoms with E-state index in [9.17, 15) is 9.90 Å². The number of hydrogen-bond donors (Lipinski definition) is 1. The molecule has 0 saturated carbocycles. The lowest BCUT2D eigenvalue weighted by molar-refractivity contribution is -0.146. The van der Waals surface area contributed by atoms with Crippen molar-refractivity contribution in [3.05, 3.63) is 29.3 Å². The summed E-state index contributed by atoms with van der Waals surface area (Å²) in [4.78, 5) is 12.4. The molecule has 136 valence electrons. The lowest BCUT2D eigenvalue weighted by atomic mass is 9.84. The summed E-state index contributed by atoms with van der Waals surface area (Å²) >= 11 is 0. The molecule has 1 aromatic carbocycles. The molecule has 0 bridgehead atoms. The van der Waals surface area contributed by atoms with E-state index >= 15 is 0 Å². The van der Waals surface area contributed by atoms with Crippen LogP contribution in [-0.2, 0) is 14.9 Å². The fourth-order valence-corrected chi connectivity index (χ4v) is 2.78. The summed E-state index contributed by atoms with van der Waals surface area (Å²) in [5, 5.41) is 10.1. The monoisotopic (exact) mass is 334 g/mol. The maximum atomic E-state index is 12.4. The van der Waals surface area contributed by atoms with Crippen molar-refractivity contribution >= 4 is 5.97 Å². The van der Waals surface area contributed by atoms with Gasteiger partial charge in [-0.05, 0) is 41.9 Å². The molecule has 1 N–H and O–H groups in total. The highest BCUT2D eigenvalue weighted by molar-refractivity contribution is 5.78. The Hall–Kier alpha value is -1.51. The minimum absolute atomic E-state index is 0.169. The molecule has 0 aromatic heterocycles. The van der Waals surface area contributed by atoms with E-state index in [2.05, 4.69) is 13.8 Å². The zero-order valence-electron chi connectivity index (χ0n) is 16.2. The Morgan fingerprint density at radius 2 is 1.92 bits per heavy atom. The number of phenolic OH excluding ortho intramolecular Hbond substituents is 1. The minimum Gasteiger partial charge on any atom is -0.508 e. The highest BCUT2D eigenvalue weighted by Crippen LogP contribution is 2.33. The fourth-order valence-electron chi connectivity index (χ4n) is 2.78. The number of unbranched alkanes of at least 4 members (excludes halogenated alkanes) is 1. The van der Waals surface area contributed by atoms with Crippen LogP contribution in [0.1, 0.15) is 84.3 Å². The first-order valence-electron chi connectivity index (χ1n) is 9.20. The van der Waals surface area contributed by atoms with E-state index in [1.165, 1.54) is 12.8 Å². The molecule has 0 aliphatic rings. The van der Waals surface area contributed by atoms with Gasteiger partial charge in [-0.1, -0.05) is 66.0 Å². The van der Waals surface area contributed by atoms with Gasteiger partial charge in [0.15, 0.2) is 0 Å². The first-order chi connectivity index (χ1) is 11.2. The standard InChI is InChI=1S/C21H34O3/c1-7-9-10-16(8-2)14-24-20(23)15(3)17-11-12-19(22)18(13-17)21(4,5)6/h11-13,15-16,22H,7-10,14H2,1-6H3. The van der Waals surface area contributed by atoms with E-state index < -0.39 is 0 Å². The minimum atomic E-state index is -0.324. The average Bonchev–Trinajstić information content (AvgIpc) is 2.53. The Morgan fingerprint density at radius 3 is 2.46 bits per heavy atom. The maximum Gasteiger partial charge on any atom is 0.313 e. The van der Waals surface area contributed by atoms with Crippen LogP contribution in [0.5, 0.6) is 5.75 Å². The molecule has 3 nitrogen and oxygen atoms in total. The van der Waals surface area contributed by atoms with Crippen LogP contribution < -0.4 is 0 Å². The zero-order chi connectivity index (χ0) is 18.3. The Labute approximate surface area is 147 Å². The van der Waals surface area contributed by atoms with Crippen LogP contribution in [0.3, 0.4) is 0 Å². The number of esters is 1. The van der Waals surface area contributed by atoms with Crippen LogP contribution >= 0.6 is 0 Å². The molecule has 2 atom stereocenters. The molecule has 0 fully saturated rings. The molecule has 0 saturated heterocycles. The smallest absolute Gasteiger partial charge is 0.313 e. The fraction of sp³-hybridized carbons (Fsp3) is 0.667. The molecule has 1 aromatic rings. The van der Waals surface area contributed by atoms with Crippen LogP contribution in [0.25, 0.3) is 0 Å². The lowest BCUT2D eigenvalue weighted by Crippen LogP contribution is -2.19. The summed E-state index contributed by atoms with van der Waals surface area (Å²) in [6, 6.07) is 5.41. The van der Waals surface area contributed by atoms with Gasteiger partial charge in [0, 0.05) is 0 Å². The third-order valence-electron chi connectivity index (χ3n) is 4.69. The molecule has 0 amide bonds. The van der Waals surface area contributed by atoms with E-state index in [4.69, 9.17) is 4.74 Å². The van der Waals surface area contributed by atoms with Gasteiger partial charge in [0.2, 0.25) is 0 Å². The second kappa shape index (κ2) is 9.10. The van der Waals surface area contributed by atoms with Crippen molar-refractivity contribution in [2.24, 2.45) is 5.92 Å². The zero-order valence-corrected chi connectivity index (χ0v) is 16.2. The van der Waals surface area contributed by atoms with Crippen molar-refractivity contribution < 1.29 is 14.6 Å². The first kappa shape index (κ1) is 20.5. The van der Waals surface area contributed by atoms with Crippen LogP contribution in [0.4, 0.5) is 0 Å². The molecule has 2 unspecified atom stereocenters. The Morgan fingerprint density at radius 1 is 1.25 bits per heavy atom. The van der Waals surface area contributed by atoms with Gasteiger partial charge in [-0.25, -0.2) is 0 Å². The van der Waals surface area contributed by atoms with E-state index in [0.29, 0.717) is 12.5 Å². The molecule has 0 aliphatic carbocycles. The Balaban J connectivity index is 2.75.